The topological polar surface area (TPSA) is 26.3 Å². The maximum absolute atomic E-state index is 12.9. The molecule has 0 N–H and O–H groups in total. The Morgan fingerprint density at radius 3 is 2.79 bits per heavy atom. The summed E-state index contributed by atoms with van der Waals surface area (Å²) < 4.78 is 18.2. The van der Waals surface area contributed by atoms with Crippen LogP contribution in [0.25, 0.3) is 0 Å². The van der Waals surface area contributed by atoms with Gasteiger partial charge in [0.1, 0.15) is 6.61 Å². The molecule has 1 aliphatic rings. The van der Waals surface area contributed by atoms with Crippen LogP contribution in [0.15, 0.2) is 63.9 Å². The first kappa shape index (κ1) is 18.4. The summed E-state index contributed by atoms with van der Waals surface area (Å²) in [4.78, 5) is 1.62. The molecule has 2 rings (SSSR count). The van der Waals surface area contributed by atoms with E-state index in [1.807, 2.05) is 43.3 Å². The van der Waals surface area contributed by atoms with Crippen molar-refractivity contribution in [1.82, 2.24) is 0 Å². The summed E-state index contributed by atoms with van der Waals surface area (Å²) in [5.74, 6) is 2.44. The number of aryl methyl sites for hydroxylation is 1. The highest BCUT2D eigenvalue weighted by Gasteiger charge is 2.10. The minimum atomic E-state index is -1.20. The molecule has 1 atom stereocenters. The van der Waals surface area contributed by atoms with Gasteiger partial charge in [-0.25, -0.2) is 4.21 Å². The monoisotopic (exact) mass is 340 g/mol. The average Bonchev–Trinajstić information content (AvgIpc) is 2.61. The second-order valence-corrected chi connectivity index (χ2v) is 7.26. The zero-order chi connectivity index (χ0) is 17.2. The molecule has 126 valence electrons. The van der Waals surface area contributed by atoms with Crippen LogP contribution in [-0.4, -0.2) is 17.4 Å². The molecule has 0 radical (unpaired) electrons. The summed E-state index contributed by atoms with van der Waals surface area (Å²) >= 11 is 0. The molecule has 24 heavy (non-hydrogen) atoms. The largest absolute Gasteiger partial charge is 0.365 e. The van der Waals surface area contributed by atoms with Crippen molar-refractivity contribution in [3.63, 3.8) is 0 Å². The van der Waals surface area contributed by atoms with E-state index in [1.54, 1.807) is 0 Å². The summed E-state index contributed by atoms with van der Waals surface area (Å²) in [5.41, 5.74) is 2.43. The molecule has 0 spiro atoms. The van der Waals surface area contributed by atoms with E-state index in [0.717, 1.165) is 28.2 Å². The van der Waals surface area contributed by atoms with Crippen LogP contribution in [0.3, 0.4) is 0 Å². The van der Waals surface area contributed by atoms with E-state index in [9.17, 15) is 4.21 Å². The van der Waals surface area contributed by atoms with Crippen LogP contribution in [0.5, 0.6) is 0 Å². The van der Waals surface area contributed by atoms with Crippen molar-refractivity contribution in [3.8, 4) is 12.3 Å². The van der Waals surface area contributed by atoms with Crippen molar-refractivity contribution in [2.45, 2.75) is 37.5 Å². The van der Waals surface area contributed by atoms with E-state index >= 15 is 0 Å². The van der Waals surface area contributed by atoms with E-state index < -0.39 is 10.8 Å². The van der Waals surface area contributed by atoms with Gasteiger partial charge in [-0.1, -0.05) is 41.3 Å². The van der Waals surface area contributed by atoms with Crippen LogP contribution in [0.1, 0.15) is 31.2 Å². The quantitative estimate of drug-likeness (QED) is 0.409. The highest BCUT2D eigenvalue weighted by atomic mass is 32.2. The third-order valence-corrected chi connectivity index (χ3v) is 5.17. The lowest BCUT2D eigenvalue weighted by Gasteiger charge is -2.11. The predicted molar refractivity (Wildman–Crippen MR) is 101 cm³/mol. The molecule has 3 heteroatoms. The first-order valence-electron chi connectivity index (χ1n) is 8.27. The lowest BCUT2D eigenvalue weighted by atomic mass is 9.99. The van der Waals surface area contributed by atoms with Gasteiger partial charge in [-0.3, -0.25) is 0 Å². The van der Waals surface area contributed by atoms with Crippen molar-refractivity contribution in [1.29, 1.82) is 0 Å². The van der Waals surface area contributed by atoms with Crippen LogP contribution in [0.2, 0.25) is 0 Å². The predicted octanol–water partition coefficient (Wildman–Crippen LogP) is 4.69. The van der Waals surface area contributed by atoms with E-state index in [4.69, 9.17) is 11.2 Å². The fourth-order valence-corrected chi connectivity index (χ4v) is 3.62. The summed E-state index contributed by atoms with van der Waals surface area (Å²) in [6.07, 6.45) is 17.8. The van der Waals surface area contributed by atoms with Gasteiger partial charge in [-0.05, 0) is 56.9 Å². The molecule has 0 aromatic heterocycles. The van der Waals surface area contributed by atoms with Crippen molar-refractivity contribution in [2.75, 3.05) is 13.2 Å². The normalized spacial score (nSPS) is 16.7. The van der Waals surface area contributed by atoms with Gasteiger partial charge in [-0.15, -0.1) is 6.42 Å². The molecule has 1 aliphatic carbocycles. The third kappa shape index (κ3) is 5.96. The molecule has 0 fully saturated rings. The Morgan fingerprint density at radius 2 is 2.12 bits per heavy atom. The minimum absolute atomic E-state index is 0.287. The maximum atomic E-state index is 12.9. The summed E-state index contributed by atoms with van der Waals surface area (Å²) in [6, 6.07) is 7.84. The third-order valence-electron chi connectivity index (χ3n) is 3.78. The molecule has 0 saturated carbocycles. The van der Waals surface area contributed by atoms with Gasteiger partial charge in [0.2, 0.25) is 0 Å². The van der Waals surface area contributed by atoms with Crippen LogP contribution in [-0.2, 0) is 15.5 Å². The van der Waals surface area contributed by atoms with E-state index in [0.29, 0.717) is 6.61 Å². The van der Waals surface area contributed by atoms with Gasteiger partial charge < -0.3 is 4.74 Å². The van der Waals surface area contributed by atoms with E-state index in [-0.39, 0.29) is 6.61 Å². The van der Waals surface area contributed by atoms with Crippen LogP contribution < -0.4 is 0 Å². The van der Waals surface area contributed by atoms with Crippen molar-refractivity contribution >= 4 is 10.8 Å². The van der Waals surface area contributed by atoms with E-state index in [1.165, 1.54) is 18.4 Å². The number of hydrogen-bond acceptors (Lipinski definition) is 2. The van der Waals surface area contributed by atoms with Gasteiger partial charge >= 0.3 is 0 Å². The summed E-state index contributed by atoms with van der Waals surface area (Å²) in [7, 11) is -1.20. The van der Waals surface area contributed by atoms with Gasteiger partial charge in [0.05, 0.1) is 17.4 Å². The molecule has 0 saturated heterocycles. The second-order valence-electron chi connectivity index (χ2n) is 5.77. The Bertz CT molecular complexity index is 688. The van der Waals surface area contributed by atoms with Crippen LogP contribution in [0, 0.1) is 19.3 Å². The molecule has 0 heterocycles. The van der Waals surface area contributed by atoms with Gasteiger partial charge in [0.15, 0.2) is 0 Å². The first-order valence-corrected chi connectivity index (χ1v) is 9.42. The Kier molecular flexibility index (Phi) is 7.74. The van der Waals surface area contributed by atoms with Gasteiger partial charge in [0, 0.05) is 9.80 Å². The van der Waals surface area contributed by atoms with Crippen molar-refractivity contribution in [3.05, 3.63) is 64.6 Å². The summed E-state index contributed by atoms with van der Waals surface area (Å²) in [5, 5.41) is 0. The molecular weight excluding hydrogens is 316 g/mol. The Hall–Kier alpha value is -1.89. The smallest absolute Gasteiger partial charge is 0.107 e. The molecule has 1 aromatic rings. The Balaban J connectivity index is 2.19. The fraction of sp³-hybridized carbons (Fsp3) is 0.333. The highest BCUT2D eigenvalue weighted by molar-refractivity contribution is 7.89. The van der Waals surface area contributed by atoms with Crippen molar-refractivity contribution in [2.24, 2.45) is 0 Å². The van der Waals surface area contributed by atoms with Crippen molar-refractivity contribution < 1.29 is 8.95 Å². The van der Waals surface area contributed by atoms with Gasteiger partial charge in [-0.2, -0.15) is 0 Å². The maximum Gasteiger partial charge on any atom is 0.107 e. The van der Waals surface area contributed by atoms with Gasteiger partial charge in [0.25, 0.3) is 0 Å². The number of rotatable bonds is 7. The fourth-order valence-electron chi connectivity index (χ4n) is 2.49. The number of hydrogen-bond donors (Lipinski definition) is 0. The second kappa shape index (κ2) is 10.1. The molecule has 0 unspecified atom stereocenters. The van der Waals surface area contributed by atoms with Crippen LogP contribution in [0.4, 0.5) is 0 Å². The minimum Gasteiger partial charge on any atom is -0.365 e. The summed E-state index contributed by atoms with van der Waals surface area (Å²) in [6.45, 7) is 2.74. The zero-order valence-corrected chi connectivity index (χ0v) is 15.0. The highest BCUT2D eigenvalue weighted by Crippen LogP contribution is 2.23. The average molecular weight is 340 g/mol. The lowest BCUT2D eigenvalue weighted by molar-refractivity contribution is 0.199. The Labute approximate surface area is 147 Å². The SMILES string of the molecule is C#CCOC/C=C/C(=C/C1=CCCCC1)[S@@](=O)c1ccc(C)cc1. The molecular formula is C21H24O2S. The number of benzene rings is 1. The zero-order valence-electron chi connectivity index (χ0n) is 14.2. The number of ether oxygens (including phenoxy) is 1. The van der Waals surface area contributed by atoms with E-state index in [2.05, 4.69) is 18.1 Å². The first-order chi connectivity index (χ1) is 11.7. The lowest BCUT2D eigenvalue weighted by Crippen LogP contribution is -1.98. The molecule has 2 nitrogen and oxygen atoms in total. The number of allylic oxidation sites excluding steroid dienone is 4. The molecule has 0 bridgehead atoms. The Morgan fingerprint density at radius 1 is 1.33 bits per heavy atom. The number of terminal acetylenes is 1. The molecule has 0 amide bonds. The standard InChI is InChI=1S/C21H24O2S/c1-3-15-23-16-7-10-21(17-19-8-5-4-6-9-19)24(22)20-13-11-18(2)12-14-20/h1,7-8,10-14,17H,4-6,9,15-16H2,2H3/b10-7+,21-17-/t24-/m0/s1. The molecule has 1 aromatic carbocycles. The molecule has 0 aliphatic heterocycles. The van der Waals surface area contributed by atoms with Crippen LogP contribution >= 0.6 is 0 Å².